The molecule has 0 aliphatic heterocycles. The molecule has 0 heterocycles. The van der Waals surface area contributed by atoms with Gasteiger partial charge in [-0.05, 0) is 161 Å². The third-order valence-corrected chi connectivity index (χ3v) is 14.8. The highest BCUT2D eigenvalue weighted by atomic mass is 14.4. The van der Waals surface area contributed by atoms with Crippen molar-refractivity contribution in [2.45, 2.75) is 52.4 Å². The van der Waals surface area contributed by atoms with E-state index < -0.39 is 0 Å². The lowest BCUT2D eigenvalue weighted by Gasteiger charge is -2.26. The molecule has 0 spiro atoms. The molecular weight excluding hydrogens is 745 g/mol. The Morgan fingerprint density at radius 2 is 0.919 bits per heavy atom. The average molecular weight is 791 g/mol. The summed E-state index contributed by atoms with van der Waals surface area (Å²) in [4.78, 5) is 0. The first-order valence-electron chi connectivity index (χ1n) is 22.3. The van der Waals surface area contributed by atoms with Crippen molar-refractivity contribution >= 4 is 53.9 Å². The van der Waals surface area contributed by atoms with E-state index in [0.29, 0.717) is 0 Å². The van der Waals surface area contributed by atoms with Gasteiger partial charge in [-0.25, -0.2) is 0 Å². The summed E-state index contributed by atoms with van der Waals surface area (Å²) in [6.45, 7) is 14.2. The summed E-state index contributed by atoms with van der Waals surface area (Å²) in [5.41, 5.74) is 21.4. The Labute approximate surface area is 363 Å². The maximum Gasteiger partial charge on any atom is 0.0162 e. The van der Waals surface area contributed by atoms with E-state index in [0.717, 1.165) is 0 Å². The fourth-order valence-electron chi connectivity index (χ4n) is 12.1. The minimum atomic E-state index is -0.172. The third kappa shape index (κ3) is 4.62. The van der Waals surface area contributed by atoms with E-state index in [4.69, 9.17) is 0 Å². The fourth-order valence-corrected chi connectivity index (χ4v) is 12.1. The Hall–Kier alpha value is -7.02. The average Bonchev–Trinajstić information content (AvgIpc) is 3.74. The number of rotatable bonds is 3. The predicted molar refractivity (Wildman–Crippen MR) is 267 cm³/mol. The van der Waals surface area contributed by atoms with Crippen molar-refractivity contribution in [3.63, 3.8) is 0 Å². The van der Waals surface area contributed by atoms with Crippen LogP contribution in [0, 0.1) is 6.92 Å². The van der Waals surface area contributed by atoms with E-state index in [9.17, 15) is 0 Å². The molecule has 11 aromatic carbocycles. The summed E-state index contributed by atoms with van der Waals surface area (Å²) in [5.74, 6) is 0. The summed E-state index contributed by atoms with van der Waals surface area (Å²) in [5, 5.41) is 13.5. The van der Waals surface area contributed by atoms with Crippen LogP contribution in [-0.4, -0.2) is 0 Å². The first-order valence-corrected chi connectivity index (χ1v) is 22.3. The van der Waals surface area contributed by atoms with Crippen LogP contribution >= 0.6 is 0 Å². The standard InChI is InChI=1S/C62H46/c1-35-42-27-25-39-32-41(61(2,3)4)33-40-26-29-50(56(42)52(39)40)57-47-28-24-38(34-51(47)62(5,6)60(35)57)43-30-31-49-55-44(43)22-15-23-48(55)58-53(36-16-9-7-10-17-36)45-20-13-14-21-46(45)54(59(49)58)37-18-11-8-12-19-37/h7-34H,1-6H3. The van der Waals surface area contributed by atoms with E-state index in [1.807, 2.05) is 0 Å². The van der Waals surface area contributed by atoms with Crippen LogP contribution in [0.15, 0.2) is 170 Å². The van der Waals surface area contributed by atoms with E-state index in [1.165, 1.54) is 143 Å². The van der Waals surface area contributed by atoms with Gasteiger partial charge >= 0.3 is 0 Å². The molecule has 294 valence electrons. The minimum absolute atomic E-state index is 0.0854. The molecule has 0 aromatic heterocycles. The summed E-state index contributed by atoms with van der Waals surface area (Å²) < 4.78 is 0. The summed E-state index contributed by atoms with van der Waals surface area (Å²) in [6, 6.07) is 64.8. The van der Waals surface area contributed by atoms with Gasteiger partial charge in [0.15, 0.2) is 0 Å². The summed E-state index contributed by atoms with van der Waals surface area (Å²) in [7, 11) is 0. The van der Waals surface area contributed by atoms with Crippen molar-refractivity contribution < 1.29 is 0 Å². The quantitative estimate of drug-likeness (QED) is 0.156. The Morgan fingerprint density at radius 3 is 1.55 bits per heavy atom. The first-order chi connectivity index (χ1) is 30.1. The SMILES string of the molecule is Cc1c2c(c3ccc4cc(C(C)(C)C)cc5ccc1c3c54)-c1ccc(-c3ccc4c5c(cccc35)-c3c-4c(-c4ccccc4)c4ccccc4c3-c3ccccc3)cc1C2(C)C. The third-order valence-electron chi connectivity index (χ3n) is 14.8. The Morgan fingerprint density at radius 1 is 0.371 bits per heavy atom. The van der Waals surface area contributed by atoms with Gasteiger partial charge in [0.25, 0.3) is 0 Å². The highest BCUT2D eigenvalue weighted by molar-refractivity contribution is 6.30. The number of fused-ring (bicyclic) bond motifs is 8. The lowest BCUT2D eigenvalue weighted by molar-refractivity contribution is 0.591. The zero-order chi connectivity index (χ0) is 41.8. The van der Waals surface area contributed by atoms with Crippen LogP contribution in [0.4, 0.5) is 0 Å². The number of benzene rings is 11. The molecule has 0 bridgehead atoms. The molecule has 0 saturated carbocycles. The maximum atomic E-state index is 2.53. The van der Waals surface area contributed by atoms with Gasteiger partial charge in [-0.1, -0.05) is 198 Å². The van der Waals surface area contributed by atoms with Crippen LogP contribution in [0.5, 0.6) is 0 Å². The Kier molecular flexibility index (Phi) is 7.09. The highest BCUT2D eigenvalue weighted by Gasteiger charge is 2.40. The smallest absolute Gasteiger partial charge is 0.0162 e. The van der Waals surface area contributed by atoms with Crippen molar-refractivity contribution in [3.8, 4) is 66.8 Å². The number of hydrogen-bond donors (Lipinski definition) is 0. The molecule has 62 heavy (non-hydrogen) atoms. The van der Waals surface area contributed by atoms with Crippen LogP contribution in [-0.2, 0) is 10.8 Å². The molecule has 0 saturated heterocycles. The van der Waals surface area contributed by atoms with Gasteiger partial charge in [-0.15, -0.1) is 0 Å². The minimum Gasteiger partial charge on any atom is -0.0622 e. The van der Waals surface area contributed by atoms with Gasteiger partial charge in [-0.2, -0.15) is 0 Å². The van der Waals surface area contributed by atoms with Crippen LogP contribution in [0.1, 0.15) is 56.9 Å². The van der Waals surface area contributed by atoms with Crippen molar-refractivity contribution in [1.29, 1.82) is 0 Å². The zero-order valence-corrected chi connectivity index (χ0v) is 36.2. The highest BCUT2D eigenvalue weighted by Crippen LogP contribution is 2.60. The molecule has 0 unspecified atom stereocenters. The van der Waals surface area contributed by atoms with Gasteiger partial charge in [0.05, 0.1) is 0 Å². The molecule has 0 heteroatoms. The molecule has 0 atom stereocenters. The zero-order valence-electron chi connectivity index (χ0n) is 36.2. The van der Waals surface area contributed by atoms with Crippen LogP contribution in [0.25, 0.3) is 121 Å². The lowest BCUT2D eigenvalue weighted by Crippen LogP contribution is -2.17. The predicted octanol–water partition coefficient (Wildman–Crippen LogP) is 17.5. The molecule has 2 aliphatic carbocycles. The number of hydrogen-bond acceptors (Lipinski definition) is 0. The topological polar surface area (TPSA) is 0 Å². The van der Waals surface area contributed by atoms with Crippen LogP contribution in [0.3, 0.4) is 0 Å². The Bertz CT molecular complexity index is 3610. The van der Waals surface area contributed by atoms with Crippen molar-refractivity contribution in [2.24, 2.45) is 0 Å². The van der Waals surface area contributed by atoms with E-state index in [2.05, 4.69) is 211 Å². The first kappa shape index (κ1) is 35.7. The fraction of sp³-hybridized carbons (Fsp3) is 0.129. The van der Waals surface area contributed by atoms with Gasteiger partial charge in [0.1, 0.15) is 0 Å². The lowest BCUT2D eigenvalue weighted by atomic mass is 9.77. The van der Waals surface area contributed by atoms with Crippen LogP contribution in [0.2, 0.25) is 0 Å². The second-order valence-electron chi connectivity index (χ2n) is 19.6. The molecule has 11 aromatic rings. The monoisotopic (exact) mass is 790 g/mol. The molecule has 2 aliphatic rings. The van der Waals surface area contributed by atoms with Gasteiger partial charge in [0, 0.05) is 5.41 Å². The number of aryl methyl sites for hydroxylation is 1. The molecule has 0 amide bonds. The Balaban J connectivity index is 1.04. The van der Waals surface area contributed by atoms with Crippen molar-refractivity contribution in [2.75, 3.05) is 0 Å². The molecule has 0 N–H and O–H groups in total. The summed E-state index contributed by atoms with van der Waals surface area (Å²) in [6.07, 6.45) is 0. The molecular formula is C62H46. The molecule has 0 nitrogen and oxygen atoms in total. The van der Waals surface area contributed by atoms with Gasteiger partial charge in [-0.3, -0.25) is 0 Å². The van der Waals surface area contributed by atoms with E-state index in [-0.39, 0.29) is 10.8 Å². The largest absolute Gasteiger partial charge is 0.0622 e. The van der Waals surface area contributed by atoms with Gasteiger partial charge in [0.2, 0.25) is 0 Å². The second kappa shape index (κ2) is 12.3. The summed E-state index contributed by atoms with van der Waals surface area (Å²) >= 11 is 0. The van der Waals surface area contributed by atoms with Crippen LogP contribution < -0.4 is 0 Å². The van der Waals surface area contributed by atoms with E-state index >= 15 is 0 Å². The van der Waals surface area contributed by atoms with E-state index in [1.54, 1.807) is 0 Å². The molecule has 0 radical (unpaired) electrons. The normalized spacial score (nSPS) is 13.8. The second-order valence-corrected chi connectivity index (χ2v) is 19.6. The van der Waals surface area contributed by atoms with Crippen molar-refractivity contribution in [3.05, 3.63) is 192 Å². The van der Waals surface area contributed by atoms with Crippen molar-refractivity contribution in [1.82, 2.24) is 0 Å². The molecule has 13 rings (SSSR count). The molecule has 0 fully saturated rings. The van der Waals surface area contributed by atoms with Gasteiger partial charge < -0.3 is 0 Å². The maximum absolute atomic E-state index is 2.53.